The molecule has 2 amide bonds. The molecule has 2 aromatic heterocycles. The quantitative estimate of drug-likeness (QED) is 0.564. The van der Waals surface area contributed by atoms with Gasteiger partial charge in [0.25, 0.3) is 0 Å². The lowest BCUT2D eigenvalue weighted by Gasteiger charge is -2.30. The standard InChI is InChI=1S/C23H27N5O2/c29-22(25-12-8-18-15-26-20-6-2-1-5-19(18)20)16-28-13-9-17(10-14-28)23(30)27-21-7-3-4-11-24-21/h1-7,11,15,17,26H,8-10,12-14,16H2,(H,25,29)(H,24,27,30). The Balaban J connectivity index is 1.17. The normalized spacial score (nSPS) is 15.2. The first kappa shape index (κ1) is 20.1. The molecule has 156 valence electrons. The first-order valence-corrected chi connectivity index (χ1v) is 10.4. The summed E-state index contributed by atoms with van der Waals surface area (Å²) >= 11 is 0. The van der Waals surface area contributed by atoms with E-state index in [2.05, 4.69) is 37.6 Å². The van der Waals surface area contributed by atoms with Crippen LogP contribution in [0.4, 0.5) is 5.82 Å². The molecule has 3 heterocycles. The molecular weight excluding hydrogens is 378 g/mol. The predicted molar refractivity (Wildman–Crippen MR) is 117 cm³/mol. The fourth-order valence-electron chi connectivity index (χ4n) is 3.95. The Morgan fingerprint density at radius 3 is 2.70 bits per heavy atom. The molecule has 0 spiro atoms. The molecule has 30 heavy (non-hydrogen) atoms. The fourth-order valence-corrected chi connectivity index (χ4v) is 3.95. The lowest BCUT2D eigenvalue weighted by Crippen LogP contribution is -2.43. The van der Waals surface area contributed by atoms with Crippen molar-refractivity contribution in [3.05, 3.63) is 60.4 Å². The number of hydrogen-bond donors (Lipinski definition) is 3. The average Bonchev–Trinajstić information content (AvgIpc) is 3.18. The first-order valence-electron chi connectivity index (χ1n) is 10.4. The van der Waals surface area contributed by atoms with Gasteiger partial charge in [0, 0.05) is 35.8 Å². The maximum Gasteiger partial charge on any atom is 0.234 e. The topological polar surface area (TPSA) is 90.1 Å². The highest BCUT2D eigenvalue weighted by atomic mass is 16.2. The second kappa shape index (κ2) is 9.54. The minimum atomic E-state index is -0.0341. The number of H-pyrrole nitrogens is 1. The predicted octanol–water partition coefficient (Wildman–Crippen LogP) is 2.57. The summed E-state index contributed by atoms with van der Waals surface area (Å²) < 4.78 is 0. The number of likely N-dealkylation sites (tertiary alicyclic amines) is 1. The van der Waals surface area contributed by atoms with Gasteiger partial charge in [0.05, 0.1) is 6.54 Å². The van der Waals surface area contributed by atoms with Crippen LogP contribution in [-0.4, -0.2) is 52.9 Å². The van der Waals surface area contributed by atoms with Crippen molar-refractivity contribution in [2.75, 3.05) is 31.5 Å². The van der Waals surface area contributed by atoms with Crippen LogP contribution in [0.2, 0.25) is 0 Å². The number of nitrogens with one attached hydrogen (secondary N) is 3. The molecule has 4 rings (SSSR count). The van der Waals surface area contributed by atoms with Gasteiger partial charge in [0.2, 0.25) is 11.8 Å². The summed E-state index contributed by atoms with van der Waals surface area (Å²) in [6, 6.07) is 13.6. The number of carbonyl (C=O) groups is 2. The van der Waals surface area contributed by atoms with Gasteiger partial charge in [-0.3, -0.25) is 14.5 Å². The van der Waals surface area contributed by atoms with E-state index in [1.54, 1.807) is 12.3 Å². The van der Waals surface area contributed by atoms with Crippen molar-refractivity contribution in [3.63, 3.8) is 0 Å². The summed E-state index contributed by atoms with van der Waals surface area (Å²) in [6.45, 7) is 2.48. The molecule has 1 aliphatic heterocycles. The van der Waals surface area contributed by atoms with Gasteiger partial charge in [0.15, 0.2) is 0 Å². The number of carbonyl (C=O) groups excluding carboxylic acids is 2. The van der Waals surface area contributed by atoms with Gasteiger partial charge in [-0.1, -0.05) is 24.3 Å². The molecule has 0 unspecified atom stereocenters. The molecule has 3 aromatic rings. The lowest BCUT2D eigenvalue weighted by atomic mass is 9.96. The molecule has 1 saturated heterocycles. The number of amides is 2. The third-order valence-corrected chi connectivity index (χ3v) is 5.63. The smallest absolute Gasteiger partial charge is 0.234 e. The van der Waals surface area contributed by atoms with Gasteiger partial charge < -0.3 is 15.6 Å². The molecule has 3 N–H and O–H groups in total. The molecule has 0 radical (unpaired) electrons. The van der Waals surface area contributed by atoms with Crippen molar-refractivity contribution in [1.29, 1.82) is 0 Å². The monoisotopic (exact) mass is 405 g/mol. The van der Waals surface area contributed by atoms with Crippen LogP contribution in [0.5, 0.6) is 0 Å². The molecule has 0 bridgehead atoms. The number of benzene rings is 1. The Kier molecular flexibility index (Phi) is 6.39. The molecule has 7 heteroatoms. The van der Waals surface area contributed by atoms with Crippen LogP contribution in [0.15, 0.2) is 54.9 Å². The van der Waals surface area contributed by atoms with Crippen LogP contribution in [0.1, 0.15) is 18.4 Å². The number of anilines is 1. The Bertz CT molecular complexity index is 993. The molecule has 1 aromatic carbocycles. The van der Waals surface area contributed by atoms with E-state index < -0.39 is 0 Å². The number of nitrogens with zero attached hydrogens (tertiary/aromatic N) is 2. The summed E-state index contributed by atoms with van der Waals surface area (Å²) in [5.41, 5.74) is 2.33. The summed E-state index contributed by atoms with van der Waals surface area (Å²) in [5.74, 6) is 0.593. The van der Waals surface area contributed by atoms with E-state index in [0.717, 1.165) is 37.9 Å². The van der Waals surface area contributed by atoms with E-state index in [1.165, 1.54) is 10.9 Å². The van der Waals surface area contributed by atoms with Crippen molar-refractivity contribution in [2.45, 2.75) is 19.3 Å². The van der Waals surface area contributed by atoms with Gasteiger partial charge in [-0.05, 0) is 56.1 Å². The Morgan fingerprint density at radius 2 is 1.90 bits per heavy atom. The summed E-state index contributed by atoms with van der Waals surface area (Å²) in [5, 5.41) is 7.09. The largest absolute Gasteiger partial charge is 0.361 e. The van der Waals surface area contributed by atoms with Gasteiger partial charge in [-0.2, -0.15) is 0 Å². The summed E-state index contributed by atoms with van der Waals surface area (Å²) in [4.78, 5) is 34.2. The Labute approximate surface area is 175 Å². The number of rotatable bonds is 7. The van der Waals surface area contributed by atoms with E-state index >= 15 is 0 Å². The molecular formula is C23H27N5O2. The number of pyridine rings is 1. The Hall–Kier alpha value is -3.19. The summed E-state index contributed by atoms with van der Waals surface area (Å²) in [7, 11) is 0. The second-order valence-corrected chi connectivity index (χ2v) is 7.71. The van der Waals surface area contributed by atoms with E-state index in [1.807, 2.05) is 30.5 Å². The average molecular weight is 406 g/mol. The van der Waals surface area contributed by atoms with Gasteiger partial charge in [0.1, 0.15) is 5.82 Å². The van der Waals surface area contributed by atoms with E-state index in [9.17, 15) is 9.59 Å². The number of piperidine rings is 1. The molecule has 1 aliphatic rings. The fraction of sp³-hybridized carbons (Fsp3) is 0.348. The van der Waals surface area contributed by atoms with Gasteiger partial charge in [-0.25, -0.2) is 4.98 Å². The second-order valence-electron chi connectivity index (χ2n) is 7.71. The summed E-state index contributed by atoms with van der Waals surface area (Å²) in [6.07, 6.45) is 5.97. The van der Waals surface area contributed by atoms with Crippen LogP contribution in [0.25, 0.3) is 10.9 Å². The van der Waals surface area contributed by atoms with Crippen LogP contribution in [0, 0.1) is 5.92 Å². The van der Waals surface area contributed by atoms with E-state index in [4.69, 9.17) is 0 Å². The maximum absolute atomic E-state index is 12.4. The number of aromatic amines is 1. The lowest BCUT2D eigenvalue weighted by molar-refractivity contribution is -0.123. The van der Waals surface area contributed by atoms with Gasteiger partial charge in [-0.15, -0.1) is 0 Å². The van der Waals surface area contributed by atoms with E-state index in [0.29, 0.717) is 18.9 Å². The van der Waals surface area contributed by atoms with Crippen molar-refractivity contribution in [1.82, 2.24) is 20.2 Å². The Morgan fingerprint density at radius 1 is 1.10 bits per heavy atom. The van der Waals surface area contributed by atoms with Crippen molar-refractivity contribution < 1.29 is 9.59 Å². The van der Waals surface area contributed by atoms with Crippen LogP contribution < -0.4 is 10.6 Å². The maximum atomic E-state index is 12.4. The molecule has 0 saturated carbocycles. The van der Waals surface area contributed by atoms with Crippen molar-refractivity contribution in [2.24, 2.45) is 5.92 Å². The highest BCUT2D eigenvalue weighted by Gasteiger charge is 2.26. The number of hydrogen-bond acceptors (Lipinski definition) is 4. The minimum absolute atomic E-state index is 0.0107. The SMILES string of the molecule is O=C(CN1CCC(C(=O)Nc2ccccn2)CC1)NCCc1c[nH]c2ccccc12. The van der Waals surface area contributed by atoms with Crippen molar-refractivity contribution >= 4 is 28.5 Å². The zero-order chi connectivity index (χ0) is 20.8. The van der Waals surface area contributed by atoms with Crippen LogP contribution >= 0.6 is 0 Å². The highest BCUT2D eigenvalue weighted by molar-refractivity contribution is 5.91. The van der Waals surface area contributed by atoms with E-state index in [-0.39, 0.29) is 17.7 Å². The molecule has 0 atom stereocenters. The van der Waals surface area contributed by atoms with Gasteiger partial charge >= 0.3 is 0 Å². The highest BCUT2D eigenvalue weighted by Crippen LogP contribution is 2.19. The zero-order valence-corrected chi connectivity index (χ0v) is 16.9. The zero-order valence-electron chi connectivity index (χ0n) is 16.9. The minimum Gasteiger partial charge on any atom is -0.361 e. The third kappa shape index (κ3) is 5.04. The van der Waals surface area contributed by atoms with Crippen molar-refractivity contribution in [3.8, 4) is 0 Å². The third-order valence-electron chi connectivity index (χ3n) is 5.63. The first-order chi connectivity index (χ1) is 14.7. The molecule has 7 nitrogen and oxygen atoms in total. The van der Waals surface area contributed by atoms with Crippen LogP contribution in [-0.2, 0) is 16.0 Å². The number of para-hydroxylation sites is 1. The number of fused-ring (bicyclic) bond motifs is 1. The molecule has 0 aliphatic carbocycles. The molecule has 1 fully saturated rings. The number of aromatic nitrogens is 2. The van der Waals surface area contributed by atoms with Crippen LogP contribution in [0.3, 0.4) is 0 Å².